The van der Waals surface area contributed by atoms with Gasteiger partial charge in [0.2, 0.25) is 0 Å². The van der Waals surface area contributed by atoms with Crippen molar-refractivity contribution < 1.29 is 5.11 Å². The number of aliphatic hydroxyl groups is 1. The lowest BCUT2D eigenvalue weighted by Crippen LogP contribution is -2.05. The van der Waals surface area contributed by atoms with Crippen LogP contribution < -0.4 is 11.1 Å². The zero-order chi connectivity index (χ0) is 9.97. The molecule has 74 valence electrons. The van der Waals surface area contributed by atoms with Crippen molar-refractivity contribution in [2.45, 2.75) is 0 Å². The molecule has 0 atom stereocenters. The first-order valence-electron chi connectivity index (χ1n) is 4.26. The van der Waals surface area contributed by atoms with Crippen molar-refractivity contribution in [1.29, 1.82) is 0 Å². The molecule has 0 aromatic carbocycles. The van der Waals surface area contributed by atoms with Crippen LogP contribution >= 0.6 is 0 Å². The van der Waals surface area contributed by atoms with Crippen LogP contribution in [0.15, 0.2) is 18.5 Å². The Hall–Kier alpha value is -1.82. The fourth-order valence-electron chi connectivity index (χ4n) is 1.23. The second-order valence-corrected chi connectivity index (χ2v) is 2.81. The molecule has 2 aromatic heterocycles. The number of nitrogen functional groups attached to an aromatic ring is 1. The van der Waals surface area contributed by atoms with E-state index < -0.39 is 0 Å². The van der Waals surface area contributed by atoms with Crippen LogP contribution in [0.5, 0.6) is 0 Å². The number of fused-ring (bicyclic) bond motifs is 1. The van der Waals surface area contributed by atoms with Crippen LogP contribution in [0, 0.1) is 0 Å². The average molecular weight is 193 g/mol. The van der Waals surface area contributed by atoms with Gasteiger partial charge >= 0.3 is 0 Å². The molecule has 0 aliphatic rings. The maximum Gasteiger partial charge on any atom is 0.180 e. The summed E-state index contributed by atoms with van der Waals surface area (Å²) in [6.45, 7) is 0.539. The molecule has 4 N–H and O–H groups in total. The number of nitrogens with zero attached hydrogens (tertiary/aromatic N) is 3. The van der Waals surface area contributed by atoms with Crippen molar-refractivity contribution in [2.75, 3.05) is 24.2 Å². The number of hydrogen-bond acceptors (Lipinski definition) is 5. The monoisotopic (exact) mass is 193 g/mol. The van der Waals surface area contributed by atoms with E-state index in [-0.39, 0.29) is 6.61 Å². The topological polar surface area (TPSA) is 88.5 Å². The number of aliphatic hydroxyl groups excluding tert-OH is 1. The summed E-state index contributed by atoms with van der Waals surface area (Å²) in [5, 5.41) is 15.7. The van der Waals surface area contributed by atoms with Gasteiger partial charge in [0.15, 0.2) is 5.65 Å². The lowest BCUT2D eigenvalue weighted by Gasteiger charge is -2.01. The van der Waals surface area contributed by atoms with Gasteiger partial charge in [0.25, 0.3) is 0 Å². The summed E-state index contributed by atoms with van der Waals surface area (Å²) in [5.74, 6) is 0.534. The lowest BCUT2D eigenvalue weighted by molar-refractivity contribution is 0.311. The van der Waals surface area contributed by atoms with Gasteiger partial charge in [0, 0.05) is 12.7 Å². The van der Waals surface area contributed by atoms with Gasteiger partial charge in [-0.1, -0.05) is 0 Å². The Morgan fingerprint density at radius 2 is 2.43 bits per heavy atom. The van der Waals surface area contributed by atoms with E-state index in [1.165, 1.54) is 0 Å². The van der Waals surface area contributed by atoms with Crippen LogP contribution in [-0.4, -0.2) is 32.9 Å². The van der Waals surface area contributed by atoms with Crippen LogP contribution in [0.4, 0.5) is 11.5 Å². The molecule has 0 saturated carbocycles. The number of nitrogens with two attached hydrogens (primary N) is 1. The molecule has 6 nitrogen and oxygen atoms in total. The first-order valence-corrected chi connectivity index (χ1v) is 4.26. The zero-order valence-electron chi connectivity index (χ0n) is 7.51. The van der Waals surface area contributed by atoms with Gasteiger partial charge in [-0.25, -0.2) is 4.98 Å². The summed E-state index contributed by atoms with van der Waals surface area (Å²) in [4.78, 5) is 4.13. The molecule has 2 aromatic rings. The molecule has 0 radical (unpaired) electrons. The number of aromatic nitrogens is 3. The molecule has 0 aliphatic carbocycles. The van der Waals surface area contributed by atoms with Gasteiger partial charge in [-0.3, -0.25) is 0 Å². The molecule has 6 heteroatoms. The predicted octanol–water partition coefficient (Wildman–Crippen LogP) is -0.284. The molecule has 0 aliphatic heterocycles. The van der Waals surface area contributed by atoms with Crippen molar-refractivity contribution in [2.24, 2.45) is 0 Å². The Bertz CT molecular complexity index is 438. The van der Waals surface area contributed by atoms with E-state index >= 15 is 0 Å². The van der Waals surface area contributed by atoms with Crippen LogP contribution in [0.1, 0.15) is 0 Å². The minimum atomic E-state index is 0.0691. The molecule has 14 heavy (non-hydrogen) atoms. The second kappa shape index (κ2) is 3.51. The van der Waals surface area contributed by atoms with E-state index in [2.05, 4.69) is 15.4 Å². The molecule has 0 spiro atoms. The van der Waals surface area contributed by atoms with Crippen molar-refractivity contribution in [3.8, 4) is 0 Å². The van der Waals surface area contributed by atoms with E-state index in [9.17, 15) is 0 Å². The second-order valence-electron chi connectivity index (χ2n) is 2.81. The van der Waals surface area contributed by atoms with E-state index in [0.29, 0.717) is 18.0 Å². The maximum absolute atomic E-state index is 8.66. The Morgan fingerprint density at radius 3 is 3.21 bits per heavy atom. The van der Waals surface area contributed by atoms with Gasteiger partial charge in [0.05, 0.1) is 12.8 Å². The predicted molar refractivity (Wildman–Crippen MR) is 53.0 cm³/mol. The van der Waals surface area contributed by atoms with E-state index in [0.717, 1.165) is 5.69 Å². The first kappa shape index (κ1) is 8.76. The molecule has 0 saturated heterocycles. The van der Waals surface area contributed by atoms with Crippen LogP contribution in [-0.2, 0) is 0 Å². The minimum Gasteiger partial charge on any atom is -0.395 e. The fraction of sp³-hybridized carbons (Fsp3) is 0.250. The highest BCUT2D eigenvalue weighted by atomic mass is 16.3. The lowest BCUT2D eigenvalue weighted by atomic mass is 10.5. The number of anilines is 2. The summed E-state index contributed by atoms with van der Waals surface area (Å²) < 4.78 is 1.54. The van der Waals surface area contributed by atoms with Crippen LogP contribution in [0.2, 0.25) is 0 Å². The quantitative estimate of drug-likeness (QED) is 0.623. The Morgan fingerprint density at radius 1 is 1.57 bits per heavy atom. The zero-order valence-corrected chi connectivity index (χ0v) is 7.51. The standard InChI is InChI=1S/C8H11N5O/c9-7-1-2-11-8-6(10-3-4-14)5-12-13(7)8/h1-2,5,10,14H,3-4,9H2. The largest absolute Gasteiger partial charge is 0.395 e. The van der Waals surface area contributed by atoms with E-state index in [1.807, 2.05) is 0 Å². The molecule has 0 fully saturated rings. The van der Waals surface area contributed by atoms with Crippen molar-refractivity contribution in [3.05, 3.63) is 18.5 Å². The number of nitrogens with one attached hydrogen (secondary N) is 1. The SMILES string of the molecule is Nc1ccnc2c(NCCO)cnn12. The minimum absolute atomic E-state index is 0.0691. The normalized spacial score (nSPS) is 10.6. The van der Waals surface area contributed by atoms with Crippen molar-refractivity contribution >= 4 is 17.2 Å². The summed E-state index contributed by atoms with van der Waals surface area (Å²) in [6, 6.07) is 1.68. The highest BCUT2D eigenvalue weighted by molar-refractivity contribution is 5.68. The summed E-state index contributed by atoms with van der Waals surface area (Å²) in [5.41, 5.74) is 7.12. The molecule has 0 bridgehead atoms. The van der Waals surface area contributed by atoms with Gasteiger partial charge in [0.1, 0.15) is 11.5 Å². The Kier molecular flexibility index (Phi) is 2.19. The van der Waals surface area contributed by atoms with Gasteiger partial charge in [-0.15, -0.1) is 0 Å². The summed E-state index contributed by atoms with van der Waals surface area (Å²) in [6.07, 6.45) is 3.25. The van der Waals surface area contributed by atoms with E-state index in [4.69, 9.17) is 10.8 Å². The summed E-state index contributed by atoms with van der Waals surface area (Å²) in [7, 11) is 0. The van der Waals surface area contributed by atoms with Gasteiger partial charge < -0.3 is 16.2 Å². The average Bonchev–Trinajstić information content (AvgIpc) is 2.60. The molecule has 0 amide bonds. The first-order chi connectivity index (χ1) is 6.83. The third-order valence-electron chi connectivity index (χ3n) is 1.86. The molecule has 2 heterocycles. The molecular formula is C8H11N5O. The van der Waals surface area contributed by atoms with Crippen molar-refractivity contribution in [3.63, 3.8) is 0 Å². The van der Waals surface area contributed by atoms with Gasteiger partial charge in [-0.2, -0.15) is 9.61 Å². The molecule has 0 unspecified atom stereocenters. The molecular weight excluding hydrogens is 182 g/mol. The number of rotatable bonds is 3. The molecule has 2 rings (SSSR count). The van der Waals surface area contributed by atoms with E-state index in [1.54, 1.807) is 23.0 Å². The summed E-state index contributed by atoms with van der Waals surface area (Å²) >= 11 is 0. The maximum atomic E-state index is 8.66. The third-order valence-corrected chi connectivity index (χ3v) is 1.86. The highest BCUT2D eigenvalue weighted by Crippen LogP contribution is 2.15. The highest BCUT2D eigenvalue weighted by Gasteiger charge is 2.05. The number of hydrogen-bond donors (Lipinski definition) is 3. The van der Waals surface area contributed by atoms with Crippen LogP contribution in [0.25, 0.3) is 5.65 Å². The smallest absolute Gasteiger partial charge is 0.180 e. The Balaban J connectivity index is 2.42. The fourth-order valence-corrected chi connectivity index (χ4v) is 1.23. The Labute approximate surface area is 80.4 Å². The van der Waals surface area contributed by atoms with Gasteiger partial charge in [-0.05, 0) is 6.07 Å². The van der Waals surface area contributed by atoms with Crippen molar-refractivity contribution in [1.82, 2.24) is 14.6 Å². The van der Waals surface area contributed by atoms with Crippen LogP contribution in [0.3, 0.4) is 0 Å². The third kappa shape index (κ3) is 1.35.